The average molecular weight is 224 g/mol. The Labute approximate surface area is 88.8 Å². The first-order valence-corrected chi connectivity index (χ1v) is 6.95. The van der Waals surface area contributed by atoms with Crippen LogP contribution in [0, 0.1) is 6.92 Å². The first kappa shape index (κ1) is 9.59. The van der Waals surface area contributed by atoms with Gasteiger partial charge < -0.3 is 14.0 Å². The van der Waals surface area contributed by atoms with E-state index in [0.29, 0.717) is 13.2 Å². The molecule has 4 heteroatoms. The van der Waals surface area contributed by atoms with Crippen molar-refractivity contribution < 1.29 is 14.0 Å². The smallest absolute Gasteiger partial charge is 0.174 e. The fourth-order valence-corrected chi connectivity index (χ4v) is 4.53. The van der Waals surface area contributed by atoms with E-state index in [1.165, 1.54) is 5.56 Å². The molecule has 2 aliphatic heterocycles. The molecule has 1 aromatic rings. The predicted octanol–water partition coefficient (Wildman–Crippen LogP) is 1.70. The summed E-state index contributed by atoms with van der Waals surface area (Å²) in [4.78, 5) is 0. The molecule has 2 fully saturated rings. The summed E-state index contributed by atoms with van der Waals surface area (Å²) >= 11 is 0. The van der Waals surface area contributed by atoms with Crippen LogP contribution in [0.5, 0.6) is 0 Å². The number of benzene rings is 1. The lowest BCUT2D eigenvalue weighted by molar-refractivity contribution is 0.424. The van der Waals surface area contributed by atoms with Crippen LogP contribution in [0.1, 0.15) is 5.56 Å². The number of hydrogen-bond acceptors (Lipinski definition) is 3. The van der Waals surface area contributed by atoms with E-state index in [1.54, 1.807) is 0 Å². The van der Waals surface area contributed by atoms with Crippen molar-refractivity contribution in [1.82, 2.24) is 0 Å². The maximum Gasteiger partial charge on any atom is 0.174 e. The van der Waals surface area contributed by atoms with Gasteiger partial charge in [0, 0.05) is 5.30 Å². The molecule has 0 radical (unpaired) electrons. The van der Waals surface area contributed by atoms with E-state index in [2.05, 4.69) is 0 Å². The van der Waals surface area contributed by atoms with Gasteiger partial charge >= 0.3 is 0 Å². The van der Waals surface area contributed by atoms with Crippen molar-refractivity contribution in [3.8, 4) is 0 Å². The fraction of sp³-hybridized carbons (Fsp3) is 0.455. The normalized spacial score (nSPS) is 32.1. The molecule has 2 aliphatic rings. The molecule has 0 amide bonds. The maximum absolute atomic E-state index is 12.8. The van der Waals surface area contributed by atoms with Crippen LogP contribution in [0.2, 0.25) is 0 Å². The first-order chi connectivity index (χ1) is 7.21. The Balaban J connectivity index is 2.01. The summed E-state index contributed by atoms with van der Waals surface area (Å²) in [6.45, 7) is 3.26. The molecule has 0 saturated carbocycles. The Bertz CT molecular complexity index is 402. The highest BCUT2D eigenvalue weighted by Crippen LogP contribution is 2.63. The van der Waals surface area contributed by atoms with Gasteiger partial charge in [-0.05, 0) is 6.92 Å². The Morgan fingerprint density at radius 2 is 1.60 bits per heavy atom. The molecule has 3 nitrogen and oxygen atoms in total. The summed E-state index contributed by atoms with van der Waals surface area (Å²) in [5, 5.41) is 0.901. The number of aryl methyl sites for hydroxylation is 1. The second-order valence-corrected chi connectivity index (χ2v) is 7.21. The minimum absolute atomic E-state index is 0.0901. The molecule has 15 heavy (non-hydrogen) atoms. The van der Waals surface area contributed by atoms with Crippen molar-refractivity contribution in [2.24, 2.45) is 0 Å². The average Bonchev–Trinajstić information content (AvgIpc) is 3.07. The Kier molecular flexibility index (Phi) is 2.03. The minimum Gasteiger partial charge on any atom is -0.364 e. The minimum atomic E-state index is -2.46. The van der Waals surface area contributed by atoms with Gasteiger partial charge in [-0.2, -0.15) is 0 Å². The van der Waals surface area contributed by atoms with Gasteiger partial charge in [0.25, 0.3) is 0 Å². The third-order valence-electron chi connectivity index (χ3n) is 2.92. The molecule has 1 aromatic carbocycles. The highest BCUT2D eigenvalue weighted by Gasteiger charge is 2.54. The van der Waals surface area contributed by atoms with Crippen LogP contribution >= 0.6 is 7.14 Å². The van der Waals surface area contributed by atoms with Gasteiger partial charge in [-0.1, -0.05) is 29.8 Å². The lowest BCUT2D eigenvalue weighted by Gasteiger charge is -2.13. The van der Waals surface area contributed by atoms with E-state index in [4.69, 9.17) is 9.47 Å². The van der Waals surface area contributed by atoms with Gasteiger partial charge in [0.1, 0.15) is 11.7 Å². The lowest BCUT2D eigenvalue weighted by atomic mass is 10.2. The molecule has 2 heterocycles. The second-order valence-electron chi connectivity index (χ2n) is 4.12. The maximum atomic E-state index is 12.8. The third-order valence-corrected chi connectivity index (χ3v) is 6.34. The van der Waals surface area contributed by atoms with Gasteiger partial charge in [-0.3, -0.25) is 0 Å². The number of rotatable bonds is 3. The Hall–Kier alpha value is -0.630. The van der Waals surface area contributed by atoms with Gasteiger partial charge in [0.05, 0.1) is 13.2 Å². The molecule has 0 aliphatic carbocycles. The van der Waals surface area contributed by atoms with Crippen molar-refractivity contribution in [3.63, 3.8) is 0 Å². The van der Waals surface area contributed by atoms with Crippen molar-refractivity contribution in [2.75, 3.05) is 13.2 Å². The third kappa shape index (κ3) is 1.55. The van der Waals surface area contributed by atoms with Crippen LogP contribution in [0.3, 0.4) is 0 Å². The standard InChI is InChI=1S/C11H13O3P/c1-8-2-4-9(5-3-8)15(12,10-6-13-10)11-7-14-11/h2-5,10-11H,6-7H2,1H3. The van der Waals surface area contributed by atoms with E-state index in [9.17, 15) is 4.57 Å². The molecule has 2 atom stereocenters. The van der Waals surface area contributed by atoms with Crippen LogP contribution in [0.15, 0.2) is 24.3 Å². The highest BCUT2D eigenvalue weighted by molar-refractivity contribution is 7.73. The summed E-state index contributed by atoms with van der Waals surface area (Å²) in [7, 11) is -2.46. The zero-order valence-electron chi connectivity index (χ0n) is 8.55. The van der Waals surface area contributed by atoms with Crippen molar-refractivity contribution >= 4 is 12.4 Å². The molecule has 0 N–H and O–H groups in total. The van der Waals surface area contributed by atoms with Crippen LogP contribution in [-0.4, -0.2) is 24.9 Å². The second kappa shape index (κ2) is 3.18. The van der Waals surface area contributed by atoms with E-state index in [0.717, 1.165) is 5.30 Å². The van der Waals surface area contributed by atoms with E-state index < -0.39 is 7.14 Å². The van der Waals surface area contributed by atoms with Crippen molar-refractivity contribution in [1.29, 1.82) is 0 Å². The van der Waals surface area contributed by atoms with Gasteiger partial charge in [0.2, 0.25) is 0 Å². The Morgan fingerprint density at radius 1 is 1.13 bits per heavy atom. The van der Waals surface area contributed by atoms with Crippen molar-refractivity contribution in [3.05, 3.63) is 29.8 Å². The molecule has 0 bridgehead atoms. The van der Waals surface area contributed by atoms with Gasteiger partial charge in [-0.15, -0.1) is 0 Å². The zero-order valence-corrected chi connectivity index (χ0v) is 9.44. The zero-order chi connectivity index (χ0) is 10.5. The van der Waals surface area contributed by atoms with E-state index >= 15 is 0 Å². The molecular weight excluding hydrogens is 211 g/mol. The first-order valence-electron chi connectivity index (χ1n) is 5.11. The van der Waals surface area contributed by atoms with Gasteiger partial charge in [-0.25, -0.2) is 0 Å². The fourth-order valence-electron chi connectivity index (χ4n) is 1.82. The molecule has 0 aromatic heterocycles. The molecule has 2 saturated heterocycles. The number of ether oxygens (including phenoxy) is 2. The quantitative estimate of drug-likeness (QED) is 0.579. The Morgan fingerprint density at radius 3 is 2.00 bits per heavy atom. The number of epoxide rings is 2. The van der Waals surface area contributed by atoms with Crippen LogP contribution < -0.4 is 5.30 Å². The highest BCUT2D eigenvalue weighted by atomic mass is 31.2. The SMILES string of the molecule is Cc1ccc(P(=O)(C2CO2)C2CO2)cc1. The van der Waals surface area contributed by atoms with Crippen LogP contribution in [-0.2, 0) is 14.0 Å². The largest absolute Gasteiger partial charge is 0.364 e. The molecule has 0 spiro atoms. The molecule has 2 unspecified atom stereocenters. The van der Waals surface area contributed by atoms with E-state index in [-0.39, 0.29) is 11.7 Å². The molecular formula is C11H13O3P. The lowest BCUT2D eigenvalue weighted by Crippen LogP contribution is -2.13. The summed E-state index contributed by atoms with van der Waals surface area (Å²) in [5.41, 5.74) is 1.18. The van der Waals surface area contributed by atoms with Gasteiger partial charge in [0.15, 0.2) is 7.14 Å². The summed E-state index contributed by atoms with van der Waals surface area (Å²) in [6, 6.07) is 7.87. The van der Waals surface area contributed by atoms with Crippen LogP contribution in [0.4, 0.5) is 0 Å². The monoisotopic (exact) mass is 224 g/mol. The summed E-state index contributed by atoms with van der Waals surface area (Å²) in [5.74, 6) is -0.180. The summed E-state index contributed by atoms with van der Waals surface area (Å²) in [6.07, 6.45) is 0. The molecule has 80 valence electrons. The molecule has 3 rings (SSSR count). The van der Waals surface area contributed by atoms with E-state index in [1.807, 2.05) is 31.2 Å². The predicted molar refractivity (Wildman–Crippen MR) is 57.9 cm³/mol. The number of hydrogen-bond donors (Lipinski definition) is 0. The van der Waals surface area contributed by atoms with Crippen LogP contribution in [0.25, 0.3) is 0 Å². The summed E-state index contributed by atoms with van der Waals surface area (Å²) < 4.78 is 23.2. The van der Waals surface area contributed by atoms with Crippen molar-refractivity contribution in [2.45, 2.75) is 18.6 Å². The topological polar surface area (TPSA) is 42.1 Å².